The lowest BCUT2D eigenvalue weighted by Gasteiger charge is -2.11. The number of aromatic nitrogens is 1. The molecule has 6 heteroatoms. The van der Waals surface area contributed by atoms with Gasteiger partial charge < -0.3 is 14.6 Å². The molecule has 0 bridgehead atoms. The molecule has 0 aliphatic carbocycles. The summed E-state index contributed by atoms with van der Waals surface area (Å²) in [5, 5.41) is 9.73. The first-order valence-corrected chi connectivity index (χ1v) is 7.30. The molecule has 0 radical (unpaired) electrons. The fourth-order valence-electron chi connectivity index (χ4n) is 2.32. The van der Waals surface area contributed by atoms with Crippen molar-refractivity contribution in [3.63, 3.8) is 0 Å². The average Bonchev–Trinajstić information content (AvgIpc) is 2.53. The maximum atomic E-state index is 11.2. The quantitative estimate of drug-likeness (QED) is 0.578. The molecule has 0 unspecified atom stereocenters. The second kappa shape index (κ2) is 5.73. The van der Waals surface area contributed by atoms with E-state index in [1.54, 1.807) is 38.5 Å². The van der Waals surface area contributed by atoms with Gasteiger partial charge in [0.1, 0.15) is 11.5 Å². The molecule has 0 amide bonds. The highest BCUT2D eigenvalue weighted by molar-refractivity contribution is 8.13. The van der Waals surface area contributed by atoms with E-state index in [0.29, 0.717) is 16.4 Å². The van der Waals surface area contributed by atoms with Crippen molar-refractivity contribution in [3.8, 4) is 11.5 Å². The van der Waals surface area contributed by atoms with Crippen LogP contribution in [0, 0.1) is 0 Å². The predicted molar refractivity (Wildman–Crippen MR) is 86.2 cm³/mol. The fourth-order valence-corrected chi connectivity index (χ4v) is 3.04. The number of thioether (sulfide) groups is 1. The van der Waals surface area contributed by atoms with E-state index in [4.69, 9.17) is 9.47 Å². The first-order valence-electron chi connectivity index (χ1n) is 6.48. The highest BCUT2D eigenvalue weighted by Gasteiger charge is 2.14. The lowest BCUT2D eigenvalue weighted by atomic mass is 10.1. The number of methoxy groups -OCH3 is 2. The molecular weight excluding hydrogens is 302 g/mol. The van der Waals surface area contributed by atoms with Gasteiger partial charge >= 0.3 is 5.30 Å². The number of rotatable bonds is 3. The molecule has 0 spiro atoms. The number of carboxylic acid groups (broad SMARTS) is 1. The monoisotopic (exact) mass is 315 g/mol. The molecule has 1 heterocycles. The molecule has 0 saturated heterocycles. The highest BCUT2D eigenvalue weighted by Crippen LogP contribution is 2.37. The van der Waals surface area contributed by atoms with E-state index < -0.39 is 5.30 Å². The Hall–Kier alpha value is -2.47. The van der Waals surface area contributed by atoms with Crippen LogP contribution < -0.4 is 9.47 Å². The third-order valence-electron chi connectivity index (χ3n) is 3.33. The topological polar surface area (TPSA) is 68.7 Å². The Kier molecular flexibility index (Phi) is 3.77. The summed E-state index contributed by atoms with van der Waals surface area (Å²) in [7, 11) is 3.14. The normalized spacial score (nSPS) is 10.8. The molecule has 0 aliphatic heterocycles. The van der Waals surface area contributed by atoms with E-state index in [0.717, 1.165) is 33.6 Å². The van der Waals surface area contributed by atoms with Crippen LogP contribution in [-0.4, -0.2) is 29.6 Å². The summed E-state index contributed by atoms with van der Waals surface area (Å²) in [4.78, 5) is 16.5. The van der Waals surface area contributed by atoms with Gasteiger partial charge in [0, 0.05) is 15.7 Å². The van der Waals surface area contributed by atoms with Crippen LogP contribution in [0.4, 0.5) is 4.79 Å². The van der Waals surface area contributed by atoms with Gasteiger partial charge in [0.2, 0.25) is 0 Å². The van der Waals surface area contributed by atoms with Crippen LogP contribution >= 0.6 is 11.8 Å². The highest BCUT2D eigenvalue weighted by atomic mass is 32.2. The molecule has 5 nitrogen and oxygen atoms in total. The Morgan fingerprint density at radius 2 is 1.50 bits per heavy atom. The van der Waals surface area contributed by atoms with Gasteiger partial charge in [0.25, 0.3) is 0 Å². The molecule has 0 aliphatic rings. The minimum Gasteiger partial charge on any atom is -0.497 e. The lowest BCUT2D eigenvalue weighted by Crippen LogP contribution is -1.93. The zero-order chi connectivity index (χ0) is 15.7. The Labute approximate surface area is 130 Å². The van der Waals surface area contributed by atoms with Gasteiger partial charge in [-0.2, -0.15) is 0 Å². The van der Waals surface area contributed by atoms with Gasteiger partial charge in [0.05, 0.1) is 25.3 Å². The summed E-state index contributed by atoms with van der Waals surface area (Å²) in [6.07, 6.45) is 0. The van der Waals surface area contributed by atoms with Gasteiger partial charge in [-0.15, -0.1) is 0 Å². The first-order chi connectivity index (χ1) is 10.6. The number of hydrogen-bond donors (Lipinski definition) is 1. The molecule has 3 aromatic rings. The number of pyridine rings is 1. The molecule has 1 aromatic heterocycles. The molecular formula is C16H13NO4S. The van der Waals surface area contributed by atoms with Crippen molar-refractivity contribution < 1.29 is 19.4 Å². The average molecular weight is 315 g/mol. The minimum absolute atomic E-state index is 0.630. The summed E-state index contributed by atoms with van der Waals surface area (Å²) in [5.74, 6) is 1.31. The molecule has 2 aromatic carbocycles. The van der Waals surface area contributed by atoms with Crippen LogP contribution in [0.15, 0.2) is 41.3 Å². The van der Waals surface area contributed by atoms with Crippen LogP contribution in [0.3, 0.4) is 0 Å². The van der Waals surface area contributed by atoms with Gasteiger partial charge in [-0.3, -0.25) is 0 Å². The third-order valence-corrected chi connectivity index (χ3v) is 4.15. The Morgan fingerprint density at radius 1 is 1.00 bits per heavy atom. The van der Waals surface area contributed by atoms with Crippen LogP contribution in [-0.2, 0) is 0 Å². The number of fused-ring (bicyclic) bond motifs is 2. The van der Waals surface area contributed by atoms with Gasteiger partial charge in [-0.25, -0.2) is 9.78 Å². The van der Waals surface area contributed by atoms with Gasteiger partial charge in [-0.05, 0) is 48.2 Å². The van der Waals surface area contributed by atoms with Crippen molar-refractivity contribution >= 4 is 38.9 Å². The van der Waals surface area contributed by atoms with E-state index in [-0.39, 0.29) is 0 Å². The van der Waals surface area contributed by atoms with Gasteiger partial charge in [0.15, 0.2) is 0 Å². The maximum absolute atomic E-state index is 11.2. The summed E-state index contributed by atoms with van der Waals surface area (Å²) in [5.41, 5.74) is 1.45. The van der Waals surface area contributed by atoms with Crippen LogP contribution in [0.1, 0.15) is 0 Å². The summed E-state index contributed by atoms with van der Waals surface area (Å²) in [6, 6.07) is 10.9. The second-order valence-corrected chi connectivity index (χ2v) is 5.54. The minimum atomic E-state index is -0.973. The lowest BCUT2D eigenvalue weighted by molar-refractivity contribution is 0.222. The Morgan fingerprint density at radius 3 is 1.91 bits per heavy atom. The Bertz CT molecular complexity index is 817. The third kappa shape index (κ3) is 2.53. The number of benzene rings is 2. The van der Waals surface area contributed by atoms with Crippen LogP contribution in [0.25, 0.3) is 21.8 Å². The van der Waals surface area contributed by atoms with Crippen molar-refractivity contribution in [2.45, 2.75) is 4.90 Å². The standard InChI is InChI=1S/C16H13NO4S/c1-20-9-3-5-13-11(7-9)15(22-16(18)19)12-8-10(21-2)4-6-14(12)17-13/h3-8H,1-2H3,(H,18,19). The summed E-state index contributed by atoms with van der Waals surface area (Å²) < 4.78 is 10.5. The second-order valence-electron chi connectivity index (χ2n) is 4.58. The number of ether oxygens (including phenoxy) is 2. The van der Waals surface area contributed by atoms with Crippen molar-refractivity contribution in [1.29, 1.82) is 0 Å². The number of nitrogens with zero attached hydrogens (tertiary/aromatic N) is 1. The molecule has 1 N–H and O–H groups in total. The fraction of sp³-hybridized carbons (Fsp3) is 0.125. The van der Waals surface area contributed by atoms with Crippen molar-refractivity contribution in [1.82, 2.24) is 4.98 Å². The van der Waals surface area contributed by atoms with E-state index in [1.165, 1.54) is 0 Å². The van der Waals surface area contributed by atoms with E-state index in [1.807, 2.05) is 12.1 Å². The van der Waals surface area contributed by atoms with Crippen molar-refractivity contribution in [2.24, 2.45) is 0 Å². The SMILES string of the molecule is COc1ccc2nc3ccc(OC)cc3c(SC(=O)O)c2c1. The predicted octanol–water partition coefficient (Wildman–Crippen LogP) is 4.18. The summed E-state index contributed by atoms with van der Waals surface area (Å²) >= 11 is 0.761. The first kappa shape index (κ1) is 14.5. The Balaban J connectivity index is 2.40. The molecule has 0 saturated carbocycles. The van der Waals surface area contributed by atoms with Crippen molar-refractivity contribution in [3.05, 3.63) is 36.4 Å². The van der Waals surface area contributed by atoms with Crippen molar-refractivity contribution in [2.75, 3.05) is 14.2 Å². The number of hydrogen-bond acceptors (Lipinski definition) is 5. The largest absolute Gasteiger partial charge is 0.497 e. The zero-order valence-electron chi connectivity index (χ0n) is 12.0. The molecule has 112 valence electrons. The maximum Gasteiger partial charge on any atom is 0.369 e. The van der Waals surface area contributed by atoms with Crippen LogP contribution in [0.2, 0.25) is 0 Å². The molecule has 3 rings (SSSR count). The summed E-state index contributed by atoms with van der Waals surface area (Å²) in [6.45, 7) is 0. The van der Waals surface area contributed by atoms with E-state index >= 15 is 0 Å². The molecule has 0 fully saturated rings. The van der Waals surface area contributed by atoms with E-state index in [2.05, 4.69) is 4.98 Å². The van der Waals surface area contributed by atoms with Crippen LogP contribution in [0.5, 0.6) is 11.5 Å². The smallest absolute Gasteiger partial charge is 0.369 e. The molecule has 22 heavy (non-hydrogen) atoms. The zero-order valence-corrected chi connectivity index (χ0v) is 12.8. The molecule has 0 atom stereocenters. The van der Waals surface area contributed by atoms with Gasteiger partial charge in [-0.1, -0.05) is 0 Å². The number of carbonyl (C=O) groups is 1. The van der Waals surface area contributed by atoms with E-state index in [9.17, 15) is 9.90 Å².